The summed E-state index contributed by atoms with van der Waals surface area (Å²) in [6.45, 7) is 1.80. The average Bonchev–Trinajstić information content (AvgIpc) is 2.38. The van der Waals surface area contributed by atoms with Crippen LogP contribution in [0.5, 0.6) is 11.6 Å². The number of rotatable bonds is 4. The summed E-state index contributed by atoms with van der Waals surface area (Å²) in [7, 11) is -3.25. The van der Waals surface area contributed by atoms with Gasteiger partial charge in [0.2, 0.25) is 5.88 Å². The Hall–Kier alpha value is -2.41. The van der Waals surface area contributed by atoms with E-state index in [1.54, 1.807) is 19.2 Å². The van der Waals surface area contributed by atoms with Crippen molar-refractivity contribution in [1.29, 1.82) is 5.41 Å². The molecule has 0 aliphatic carbocycles. The Morgan fingerprint density at radius 3 is 2.38 bits per heavy atom. The maximum Gasteiger partial charge on any atom is 0.230 e. The number of aromatic nitrogens is 1. The number of ether oxygens (including phenoxy) is 1. The van der Waals surface area contributed by atoms with E-state index in [0.29, 0.717) is 11.3 Å². The molecule has 1 aromatic carbocycles. The Kier molecular flexibility index (Phi) is 3.95. The van der Waals surface area contributed by atoms with E-state index in [-0.39, 0.29) is 16.6 Å². The summed E-state index contributed by atoms with van der Waals surface area (Å²) in [6, 6.07) is 7.70. The van der Waals surface area contributed by atoms with Crippen LogP contribution in [0.15, 0.2) is 41.4 Å². The van der Waals surface area contributed by atoms with Crippen molar-refractivity contribution in [2.75, 3.05) is 6.26 Å². The first-order valence-corrected chi connectivity index (χ1v) is 7.96. The minimum atomic E-state index is -3.25. The van der Waals surface area contributed by atoms with E-state index in [2.05, 4.69) is 4.98 Å². The standard InChI is InChI=1S/C14H15N3O3S/c1-9-7-8-17-14(12(9)13(15)16)20-10-3-5-11(6-4-10)21(2,18)19/h3-8H,1-2H3,(H3,15,16). The summed E-state index contributed by atoms with van der Waals surface area (Å²) in [6.07, 6.45) is 2.70. The lowest BCUT2D eigenvalue weighted by molar-refractivity contribution is 0.461. The van der Waals surface area contributed by atoms with Crippen LogP contribution in [-0.4, -0.2) is 25.5 Å². The zero-order chi connectivity index (χ0) is 15.6. The second-order valence-corrected chi connectivity index (χ2v) is 6.58. The van der Waals surface area contributed by atoms with Gasteiger partial charge in [0.25, 0.3) is 0 Å². The fourth-order valence-electron chi connectivity index (χ4n) is 1.80. The molecule has 7 heteroatoms. The van der Waals surface area contributed by atoms with Crippen molar-refractivity contribution in [3.05, 3.63) is 47.7 Å². The van der Waals surface area contributed by atoms with Crippen LogP contribution in [0.4, 0.5) is 0 Å². The van der Waals surface area contributed by atoms with Crippen molar-refractivity contribution < 1.29 is 13.2 Å². The Labute approximate surface area is 123 Å². The molecule has 3 N–H and O–H groups in total. The molecule has 110 valence electrons. The number of amidine groups is 1. The van der Waals surface area contributed by atoms with Gasteiger partial charge in [-0.05, 0) is 42.8 Å². The molecule has 21 heavy (non-hydrogen) atoms. The van der Waals surface area contributed by atoms with E-state index in [4.69, 9.17) is 15.9 Å². The fourth-order valence-corrected chi connectivity index (χ4v) is 2.44. The largest absolute Gasteiger partial charge is 0.438 e. The summed E-state index contributed by atoms with van der Waals surface area (Å²) >= 11 is 0. The van der Waals surface area contributed by atoms with Crippen molar-refractivity contribution in [2.45, 2.75) is 11.8 Å². The van der Waals surface area contributed by atoms with Crippen LogP contribution in [0.3, 0.4) is 0 Å². The van der Waals surface area contributed by atoms with Crippen LogP contribution in [0.2, 0.25) is 0 Å². The van der Waals surface area contributed by atoms with E-state index in [1.807, 2.05) is 0 Å². The van der Waals surface area contributed by atoms with Crippen LogP contribution in [0.25, 0.3) is 0 Å². The molecule has 0 radical (unpaired) electrons. The second-order valence-electron chi connectivity index (χ2n) is 4.57. The SMILES string of the molecule is Cc1ccnc(Oc2ccc(S(C)(=O)=O)cc2)c1C(=N)N. The molecule has 1 aromatic heterocycles. The molecule has 0 atom stereocenters. The molecular weight excluding hydrogens is 290 g/mol. The second kappa shape index (κ2) is 5.53. The third-order valence-electron chi connectivity index (χ3n) is 2.86. The quantitative estimate of drug-likeness (QED) is 0.662. The van der Waals surface area contributed by atoms with Crippen molar-refractivity contribution in [3.8, 4) is 11.6 Å². The Morgan fingerprint density at radius 2 is 1.86 bits per heavy atom. The van der Waals surface area contributed by atoms with Gasteiger partial charge in [-0.15, -0.1) is 0 Å². The molecule has 6 nitrogen and oxygen atoms in total. The van der Waals surface area contributed by atoms with Gasteiger partial charge in [-0.1, -0.05) is 0 Å². The number of hydrogen-bond acceptors (Lipinski definition) is 5. The average molecular weight is 305 g/mol. The molecule has 1 heterocycles. The Balaban J connectivity index is 2.35. The fraction of sp³-hybridized carbons (Fsp3) is 0.143. The van der Waals surface area contributed by atoms with Gasteiger partial charge in [-0.2, -0.15) is 0 Å². The van der Waals surface area contributed by atoms with Crippen molar-refractivity contribution in [1.82, 2.24) is 4.98 Å². The Morgan fingerprint density at radius 1 is 1.24 bits per heavy atom. The number of nitrogens with zero attached hydrogens (tertiary/aromatic N) is 1. The van der Waals surface area contributed by atoms with Crippen LogP contribution < -0.4 is 10.5 Å². The molecule has 0 saturated carbocycles. The number of sulfone groups is 1. The molecular formula is C14H15N3O3S. The normalized spacial score (nSPS) is 11.1. The van der Waals surface area contributed by atoms with Gasteiger partial charge >= 0.3 is 0 Å². The lowest BCUT2D eigenvalue weighted by atomic mass is 10.1. The maximum atomic E-state index is 11.4. The van der Waals surface area contributed by atoms with Gasteiger partial charge in [0, 0.05) is 12.5 Å². The highest BCUT2D eigenvalue weighted by molar-refractivity contribution is 7.90. The topological polar surface area (TPSA) is 106 Å². The van der Waals surface area contributed by atoms with Crippen molar-refractivity contribution in [3.63, 3.8) is 0 Å². The van der Waals surface area contributed by atoms with Gasteiger partial charge in [0.15, 0.2) is 9.84 Å². The highest BCUT2D eigenvalue weighted by atomic mass is 32.2. The van der Waals surface area contributed by atoms with Gasteiger partial charge in [0.05, 0.1) is 10.5 Å². The molecule has 0 amide bonds. The van der Waals surface area contributed by atoms with Crippen LogP contribution >= 0.6 is 0 Å². The lowest BCUT2D eigenvalue weighted by Crippen LogP contribution is -2.14. The van der Waals surface area contributed by atoms with Crippen molar-refractivity contribution in [2.24, 2.45) is 5.73 Å². The predicted molar refractivity (Wildman–Crippen MR) is 79.6 cm³/mol. The van der Waals surface area contributed by atoms with Crippen LogP contribution in [0, 0.1) is 12.3 Å². The number of hydrogen-bond donors (Lipinski definition) is 2. The first-order chi connectivity index (χ1) is 9.79. The third kappa shape index (κ3) is 3.38. The smallest absolute Gasteiger partial charge is 0.230 e. The summed E-state index contributed by atoms with van der Waals surface area (Å²) in [5.74, 6) is 0.501. The maximum absolute atomic E-state index is 11.4. The zero-order valence-electron chi connectivity index (χ0n) is 11.6. The molecule has 0 spiro atoms. The summed E-state index contributed by atoms with van der Waals surface area (Å²) in [5, 5.41) is 7.58. The van der Waals surface area contributed by atoms with E-state index >= 15 is 0 Å². The lowest BCUT2D eigenvalue weighted by Gasteiger charge is -2.11. The molecule has 0 aliphatic heterocycles. The summed E-state index contributed by atoms with van der Waals surface area (Å²) in [5.41, 5.74) is 6.73. The van der Waals surface area contributed by atoms with Gasteiger partial charge in [0.1, 0.15) is 11.6 Å². The monoisotopic (exact) mass is 305 g/mol. The first-order valence-electron chi connectivity index (χ1n) is 6.07. The van der Waals surface area contributed by atoms with E-state index in [0.717, 1.165) is 11.8 Å². The highest BCUT2D eigenvalue weighted by Crippen LogP contribution is 2.25. The van der Waals surface area contributed by atoms with Crippen LogP contribution in [0.1, 0.15) is 11.1 Å². The minimum Gasteiger partial charge on any atom is -0.438 e. The number of pyridine rings is 1. The number of nitrogens with one attached hydrogen (secondary N) is 1. The molecule has 0 unspecified atom stereocenters. The summed E-state index contributed by atoms with van der Waals surface area (Å²) < 4.78 is 28.4. The number of aryl methyl sites for hydroxylation is 1. The molecule has 0 fully saturated rings. The summed E-state index contributed by atoms with van der Waals surface area (Å²) in [4.78, 5) is 4.27. The number of nitrogen functional groups attached to an aromatic ring is 1. The Bertz CT molecular complexity index is 784. The van der Waals surface area contributed by atoms with Gasteiger partial charge < -0.3 is 10.5 Å². The molecule has 2 rings (SSSR count). The molecule has 0 aliphatic rings. The zero-order valence-corrected chi connectivity index (χ0v) is 12.4. The first kappa shape index (κ1) is 15.0. The van der Waals surface area contributed by atoms with E-state index in [9.17, 15) is 8.42 Å². The number of benzene rings is 1. The third-order valence-corrected chi connectivity index (χ3v) is 3.99. The predicted octanol–water partition coefficient (Wildman–Crippen LogP) is 1.87. The van der Waals surface area contributed by atoms with Gasteiger partial charge in [-0.3, -0.25) is 5.41 Å². The van der Waals surface area contributed by atoms with E-state index in [1.165, 1.54) is 24.3 Å². The van der Waals surface area contributed by atoms with Crippen molar-refractivity contribution >= 4 is 15.7 Å². The van der Waals surface area contributed by atoms with E-state index < -0.39 is 9.84 Å². The van der Waals surface area contributed by atoms with Gasteiger partial charge in [-0.25, -0.2) is 13.4 Å². The minimum absolute atomic E-state index is 0.136. The van der Waals surface area contributed by atoms with Crippen LogP contribution in [-0.2, 0) is 9.84 Å². The molecule has 2 aromatic rings. The number of nitrogens with two attached hydrogens (primary N) is 1. The highest BCUT2D eigenvalue weighted by Gasteiger charge is 2.13. The molecule has 0 bridgehead atoms. The molecule has 0 saturated heterocycles.